The third kappa shape index (κ3) is 2.99. The minimum absolute atomic E-state index is 0.262. The molecule has 1 aromatic rings. The number of rotatable bonds is 3. The van der Waals surface area contributed by atoms with Gasteiger partial charge in [-0.25, -0.2) is 0 Å². The molecule has 0 bridgehead atoms. The Labute approximate surface area is 114 Å². The first-order valence-electron chi connectivity index (χ1n) is 5.72. The Morgan fingerprint density at radius 1 is 1.44 bits per heavy atom. The number of nitrogens with zero attached hydrogens (tertiary/aromatic N) is 1. The number of benzene rings is 1. The zero-order chi connectivity index (χ0) is 13.0. The molecule has 0 unspecified atom stereocenters. The number of carbonyl (C=O) groups is 1. The molecule has 1 aliphatic carbocycles. The maximum absolute atomic E-state index is 11.8. The molecule has 0 heterocycles. The summed E-state index contributed by atoms with van der Waals surface area (Å²) in [7, 11) is 0. The van der Waals surface area contributed by atoms with Gasteiger partial charge in [-0.15, -0.1) is 0 Å². The third-order valence-electron chi connectivity index (χ3n) is 2.83. The molecule has 0 radical (unpaired) electrons. The number of esters is 1. The van der Waals surface area contributed by atoms with Crippen molar-refractivity contribution in [3.8, 4) is 6.07 Å². The van der Waals surface area contributed by atoms with Crippen molar-refractivity contribution in [1.82, 2.24) is 0 Å². The van der Waals surface area contributed by atoms with Gasteiger partial charge in [0.05, 0.1) is 12.5 Å². The van der Waals surface area contributed by atoms with Crippen molar-refractivity contribution in [1.29, 1.82) is 5.26 Å². The Morgan fingerprint density at radius 3 is 2.78 bits per heavy atom. The maximum Gasteiger partial charge on any atom is 0.310 e. The molecule has 0 aliphatic heterocycles. The zero-order valence-electron chi connectivity index (χ0n) is 9.73. The number of carbonyl (C=O) groups excluding carboxylic acids is 1. The van der Waals surface area contributed by atoms with Gasteiger partial charge >= 0.3 is 5.97 Å². The van der Waals surface area contributed by atoms with Gasteiger partial charge < -0.3 is 4.74 Å². The lowest BCUT2D eigenvalue weighted by Crippen LogP contribution is -2.17. The van der Waals surface area contributed by atoms with Crippen LogP contribution in [0.5, 0.6) is 0 Å². The number of hydrogen-bond donors (Lipinski definition) is 0. The van der Waals surface area contributed by atoms with Gasteiger partial charge in [0.1, 0.15) is 6.10 Å². The lowest BCUT2D eigenvalue weighted by Gasteiger charge is -2.12. The summed E-state index contributed by atoms with van der Waals surface area (Å²) < 4.78 is 6.08. The van der Waals surface area contributed by atoms with Crippen molar-refractivity contribution in [3.05, 3.63) is 46.0 Å². The Hall–Kier alpha value is -1.60. The number of hydrogen-bond acceptors (Lipinski definition) is 3. The van der Waals surface area contributed by atoms with Crippen LogP contribution in [0.4, 0.5) is 0 Å². The van der Waals surface area contributed by atoms with E-state index in [2.05, 4.69) is 22.0 Å². The van der Waals surface area contributed by atoms with Gasteiger partial charge in [0.15, 0.2) is 0 Å². The second-order valence-corrected chi connectivity index (χ2v) is 4.97. The number of halogens is 1. The Morgan fingerprint density at radius 2 is 2.17 bits per heavy atom. The lowest BCUT2D eigenvalue weighted by atomic mass is 10.1. The first-order chi connectivity index (χ1) is 8.70. The lowest BCUT2D eigenvalue weighted by molar-refractivity contribution is -0.146. The summed E-state index contributed by atoms with van der Waals surface area (Å²) in [6, 6.07) is 11.6. The SMILES string of the molecule is N#CC1=C(Br)[C@@H](OC(=O)Cc2ccccc2)CC1. The van der Waals surface area contributed by atoms with Crippen LogP contribution in [0.2, 0.25) is 0 Å². The smallest absolute Gasteiger partial charge is 0.310 e. The van der Waals surface area contributed by atoms with Crippen LogP contribution in [-0.4, -0.2) is 12.1 Å². The van der Waals surface area contributed by atoms with Crippen LogP contribution in [0.3, 0.4) is 0 Å². The molecule has 18 heavy (non-hydrogen) atoms. The number of ether oxygens (including phenoxy) is 1. The Kier molecular flexibility index (Phi) is 4.16. The Balaban J connectivity index is 1.94. The van der Waals surface area contributed by atoms with Crippen molar-refractivity contribution in [2.24, 2.45) is 0 Å². The molecule has 92 valence electrons. The topological polar surface area (TPSA) is 50.1 Å². The molecule has 1 aliphatic rings. The van der Waals surface area contributed by atoms with Gasteiger partial charge in [0.25, 0.3) is 0 Å². The van der Waals surface area contributed by atoms with Gasteiger partial charge in [-0.3, -0.25) is 4.79 Å². The summed E-state index contributed by atoms with van der Waals surface area (Å²) in [4.78, 5) is 11.8. The van der Waals surface area contributed by atoms with Crippen molar-refractivity contribution in [2.45, 2.75) is 25.4 Å². The first kappa shape index (κ1) is 12.8. The predicted octanol–water partition coefficient (Wildman–Crippen LogP) is 3.11. The monoisotopic (exact) mass is 305 g/mol. The van der Waals surface area contributed by atoms with E-state index in [4.69, 9.17) is 10.00 Å². The highest BCUT2D eigenvalue weighted by Gasteiger charge is 2.27. The molecule has 0 aromatic heterocycles. The van der Waals surface area contributed by atoms with Gasteiger partial charge in [-0.05, 0) is 18.4 Å². The molecule has 4 heteroatoms. The average molecular weight is 306 g/mol. The third-order valence-corrected chi connectivity index (χ3v) is 3.82. The van der Waals surface area contributed by atoms with E-state index in [-0.39, 0.29) is 18.5 Å². The molecule has 2 rings (SSSR count). The van der Waals surface area contributed by atoms with Gasteiger partial charge in [0, 0.05) is 10.1 Å². The summed E-state index contributed by atoms with van der Waals surface area (Å²) in [5, 5.41) is 8.85. The number of allylic oxidation sites excluding steroid dienone is 1. The standard InChI is InChI=1S/C14H12BrNO2/c15-14-11(9-16)6-7-12(14)18-13(17)8-10-4-2-1-3-5-10/h1-5,12H,6-8H2/t12-/m0/s1. The van der Waals surface area contributed by atoms with Gasteiger partial charge in [-0.2, -0.15) is 5.26 Å². The summed E-state index contributed by atoms with van der Waals surface area (Å²) in [5.74, 6) is -0.262. The van der Waals surface area contributed by atoms with Crippen LogP contribution in [0.1, 0.15) is 18.4 Å². The van der Waals surface area contributed by atoms with E-state index in [1.165, 1.54) is 0 Å². The van der Waals surface area contributed by atoms with Crippen molar-refractivity contribution >= 4 is 21.9 Å². The molecule has 0 saturated carbocycles. The molecule has 0 N–H and O–H groups in total. The van der Waals surface area contributed by atoms with Gasteiger partial charge in [-0.1, -0.05) is 46.3 Å². The molecule has 0 amide bonds. The molecule has 0 fully saturated rings. The van der Waals surface area contributed by atoms with Crippen LogP contribution >= 0.6 is 15.9 Å². The van der Waals surface area contributed by atoms with Crippen LogP contribution in [-0.2, 0) is 16.0 Å². The van der Waals surface area contributed by atoms with Gasteiger partial charge in [0.2, 0.25) is 0 Å². The normalized spacial score (nSPS) is 18.6. The average Bonchev–Trinajstić information content (AvgIpc) is 2.71. The highest BCUT2D eigenvalue weighted by atomic mass is 79.9. The fraction of sp³-hybridized carbons (Fsp3) is 0.286. The van der Waals surface area contributed by atoms with E-state index >= 15 is 0 Å². The largest absolute Gasteiger partial charge is 0.457 e. The fourth-order valence-corrected chi connectivity index (χ4v) is 2.51. The van der Waals surface area contributed by atoms with Crippen molar-refractivity contribution < 1.29 is 9.53 Å². The molecular formula is C14H12BrNO2. The summed E-state index contributed by atoms with van der Waals surface area (Å²) in [5.41, 5.74) is 1.61. The quantitative estimate of drug-likeness (QED) is 0.806. The molecule has 1 aromatic carbocycles. The van der Waals surface area contributed by atoms with Crippen molar-refractivity contribution in [2.75, 3.05) is 0 Å². The molecule has 0 spiro atoms. The predicted molar refractivity (Wildman–Crippen MR) is 70.8 cm³/mol. The first-order valence-corrected chi connectivity index (χ1v) is 6.52. The maximum atomic E-state index is 11.8. The molecule has 3 nitrogen and oxygen atoms in total. The minimum Gasteiger partial charge on any atom is -0.457 e. The second-order valence-electron chi connectivity index (χ2n) is 4.12. The van der Waals surface area contributed by atoms with E-state index < -0.39 is 0 Å². The van der Waals surface area contributed by atoms with Crippen molar-refractivity contribution in [3.63, 3.8) is 0 Å². The molecule has 1 atom stereocenters. The minimum atomic E-state index is -0.295. The fourth-order valence-electron chi connectivity index (χ4n) is 1.90. The Bertz CT molecular complexity index is 516. The molecular weight excluding hydrogens is 294 g/mol. The highest BCUT2D eigenvalue weighted by molar-refractivity contribution is 9.11. The zero-order valence-corrected chi connectivity index (χ0v) is 11.3. The highest BCUT2D eigenvalue weighted by Crippen LogP contribution is 2.32. The van der Waals surface area contributed by atoms with Crippen LogP contribution in [0, 0.1) is 11.3 Å². The van der Waals surface area contributed by atoms with E-state index in [1.54, 1.807) is 0 Å². The van der Waals surface area contributed by atoms with Crippen LogP contribution in [0.25, 0.3) is 0 Å². The second kappa shape index (κ2) is 5.83. The van der Waals surface area contributed by atoms with E-state index in [1.807, 2.05) is 30.3 Å². The summed E-state index contributed by atoms with van der Waals surface area (Å²) >= 11 is 3.33. The van der Waals surface area contributed by atoms with Crippen LogP contribution < -0.4 is 0 Å². The molecule has 0 saturated heterocycles. The van der Waals surface area contributed by atoms with E-state index in [0.29, 0.717) is 22.9 Å². The summed E-state index contributed by atoms with van der Waals surface area (Å²) in [6.07, 6.45) is 1.32. The van der Waals surface area contributed by atoms with E-state index in [0.717, 1.165) is 5.56 Å². The summed E-state index contributed by atoms with van der Waals surface area (Å²) in [6.45, 7) is 0. The van der Waals surface area contributed by atoms with Crippen LogP contribution in [0.15, 0.2) is 40.4 Å². The van der Waals surface area contributed by atoms with E-state index in [9.17, 15) is 4.79 Å². The number of nitriles is 1.